The van der Waals surface area contributed by atoms with E-state index in [9.17, 15) is 9.59 Å². The normalized spacial score (nSPS) is 14.4. The molecule has 2 aromatic heterocycles. The number of hydrogen-bond donors (Lipinski definition) is 3. The summed E-state index contributed by atoms with van der Waals surface area (Å²) in [6.07, 6.45) is 3.07. The van der Waals surface area contributed by atoms with E-state index in [1.165, 1.54) is 6.20 Å². The molecule has 1 fully saturated rings. The Morgan fingerprint density at radius 3 is 2.45 bits per heavy atom. The highest BCUT2D eigenvalue weighted by atomic mass is 16.2. The number of pyridine rings is 1. The summed E-state index contributed by atoms with van der Waals surface area (Å²) in [5.41, 5.74) is 2.44. The van der Waals surface area contributed by atoms with E-state index in [-0.39, 0.29) is 5.56 Å². The molecule has 172 valence electrons. The number of rotatable bonds is 6. The molecule has 0 aliphatic carbocycles. The average molecular weight is 448 g/mol. The van der Waals surface area contributed by atoms with E-state index in [0.29, 0.717) is 23.2 Å². The Morgan fingerprint density at radius 2 is 1.79 bits per heavy atom. The Kier molecular flexibility index (Phi) is 6.69. The smallest absolute Gasteiger partial charge is 0.263 e. The number of aryl methyl sites for hydroxylation is 1. The van der Waals surface area contributed by atoms with E-state index < -0.39 is 11.5 Å². The van der Waals surface area contributed by atoms with Crippen LogP contribution in [-0.4, -0.2) is 58.2 Å². The third-order valence-electron chi connectivity index (χ3n) is 5.90. The molecule has 1 saturated heterocycles. The number of anilines is 4. The summed E-state index contributed by atoms with van der Waals surface area (Å²) in [5.74, 6) is -0.0155. The van der Waals surface area contributed by atoms with Crippen molar-refractivity contribution >= 4 is 28.8 Å². The van der Waals surface area contributed by atoms with Crippen molar-refractivity contribution in [3.05, 3.63) is 70.3 Å². The molecule has 1 aromatic carbocycles. The zero-order valence-corrected chi connectivity index (χ0v) is 19.1. The van der Waals surface area contributed by atoms with Gasteiger partial charge in [0.25, 0.3) is 11.5 Å². The van der Waals surface area contributed by atoms with Gasteiger partial charge in [-0.1, -0.05) is 0 Å². The second-order valence-electron chi connectivity index (χ2n) is 8.40. The Labute approximate surface area is 192 Å². The first-order valence-corrected chi connectivity index (χ1v) is 11.1. The molecule has 1 aliphatic heterocycles. The minimum absolute atomic E-state index is 0.0172. The van der Waals surface area contributed by atoms with Crippen molar-refractivity contribution in [3.63, 3.8) is 0 Å². The molecule has 4 rings (SSSR count). The number of hydrogen-bond acceptors (Lipinski definition) is 7. The maximum absolute atomic E-state index is 13.0. The minimum Gasteiger partial charge on any atom is -0.369 e. The average Bonchev–Trinajstić information content (AvgIpc) is 2.81. The van der Waals surface area contributed by atoms with E-state index in [1.807, 2.05) is 31.2 Å². The third-order valence-corrected chi connectivity index (χ3v) is 5.90. The first kappa shape index (κ1) is 22.5. The van der Waals surface area contributed by atoms with Crippen molar-refractivity contribution in [2.75, 3.05) is 41.7 Å². The number of carbonyl (C=O) groups is 1. The number of aromatic nitrogens is 3. The van der Waals surface area contributed by atoms with Crippen LogP contribution in [0.1, 0.15) is 29.8 Å². The Morgan fingerprint density at radius 1 is 1.06 bits per heavy atom. The molecule has 33 heavy (non-hydrogen) atoms. The maximum atomic E-state index is 13.0. The number of H-pyrrole nitrogens is 1. The fourth-order valence-electron chi connectivity index (χ4n) is 3.90. The fraction of sp³-hybridized carbons (Fsp3) is 0.333. The number of piperazine rings is 1. The Hall–Kier alpha value is -3.72. The fourth-order valence-corrected chi connectivity index (χ4v) is 3.90. The van der Waals surface area contributed by atoms with Crippen LogP contribution in [0, 0.1) is 6.92 Å². The van der Waals surface area contributed by atoms with Gasteiger partial charge < -0.3 is 20.5 Å². The predicted molar refractivity (Wildman–Crippen MR) is 130 cm³/mol. The molecule has 1 aliphatic rings. The van der Waals surface area contributed by atoms with E-state index in [1.54, 1.807) is 18.3 Å². The van der Waals surface area contributed by atoms with Gasteiger partial charge in [-0.15, -0.1) is 5.10 Å². The zero-order chi connectivity index (χ0) is 23.4. The number of aromatic amines is 1. The van der Waals surface area contributed by atoms with E-state index in [0.717, 1.165) is 37.4 Å². The van der Waals surface area contributed by atoms with E-state index in [2.05, 4.69) is 49.5 Å². The predicted octanol–water partition coefficient (Wildman–Crippen LogP) is 3.00. The van der Waals surface area contributed by atoms with Gasteiger partial charge in [-0.05, 0) is 62.7 Å². The van der Waals surface area contributed by atoms with Crippen molar-refractivity contribution in [1.29, 1.82) is 0 Å². The van der Waals surface area contributed by atoms with Gasteiger partial charge in [-0.25, -0.2) is 0 Å². The summed E-state index contributed by atoms with van der Waals surface area (Å²) in [7, 11) is 0. The molecule has 0 radical (unpaired) electrons. The number of benzene rings is 1. The monoisotopic (exact) mass is 447 g/mol. The third kappa shape index (κ3) is 5.20. The lowest BCUT2D eigenvalue weighted by Gasteiger charge is -2.38. The van der Waals surface area contributed by atoms with Crippen molar-refractivity contribution < 1.29 is 4.79 Å². The molecule has 0 atom stereocenters. The van der Waals surface area contributed by atoms with Crippen LogP contribution < -0.4 is 21.1 Å². The Bertz CT molecular complexity index is 1170. The van der Waals surface area contributed by atoms with Crippen LogP contribution in [0.5, 0.6) is 0 Å². The Balaban J connectivity index is 1.47. The van der Waals surface area contributed by atoms with Gasteiger partial charge in [-0.2, -0.15) is 5.10 Å². The molecular formula is C24H29N7O2. The first-order valence-electron chi connectivity index (χ1n) is 11.1. The van der Waals surface area contributed by atoms with E-state index >= 15 is 0 Å². The van der Waals surface area contributed by atoms with Crippen molar-refractivity contribution in [2.24, 2.45) is 0 Å². The van der Waals surface area contributed by atoms with Crippen molar-refractivity contribution in [3.8, 4) is 0 Å². The summed E-state index contributed by atoms with van der Waals surface area (Å²) in [6.45, 7) is 10.3. The van der Waals surface area contributed by atoms with Crippen LogP contribution >= 0.6 is 0 Å². The second kappa shape index (κ2) is 9.83. The van der Waals surface area contributed by atoms with Crippen LogP contribution in [0.25, 0.3) is 0 Å². The zero-order valence-electron chi connectivity index (χ0n) is 19.1. The van der Waals surface area contributed by atoms with Crippen molar-refractivity contribution in [1.82, 2.24) is 20.1 Å². The molecule has 1 amide bonds. The van der Waals surface area contributed by atoms with Crippen molar-refractivity contribution in [2.45, 2.75) is 26.8 Å². The van der Waals surface area contributed by atoms with Crippen LogP contribution in [0.3, 0.4) is 0 Å². The van der Waals surface area contributed by atoms with Crippen LogP contribution in [0.4, 0.5) is 22.9 Å². The van der Waals surface area contributed by atoms with Crippen LogP contribution in [-0.2, 0) is 0 Å². The van der Waals surface area contributed by atoms with Crippen LogP contribution in [0.15, 0.2) is 53.6 Å². The topological polar surface area (TPSA) is 106 Å². The number of nitrogens with zero attached hydrogens (tertiary/aromatic N) is 4. The summed E-state index contributed by atoms with van der Waals surface area (Å²) in [5, 5.41) is 13.8. The molecule has 3 aromatic rings. The second-order valence-corrected chi connectivity index (χ2v) is 8.40. The van der Waals surface area contributed by atoms with Gasteiger partial charge >= 0.3 is 0 Å². The molecule has 3 N–H and O–H groups in total. The maximum Gasteiger partial charge on any atom is 0.263 e. The molecule has 9 heteroatoms. The summed E-state index contributed by atoms with van der Waals surface area (Å²) in [6, 6.07) is 11.7. The lowest BCUT2D eigenvalue weighted by atomic mass is 10.2. The van der Waals surface area contributed by atoms with Gasteiger partial charge in [0.15, 0.2) is 5.82 Å². The molecule has 3 heterocycles. The minimum atomic E-state index is -0.501. The summed E-state index contributed by atoms with van der Waals surface area (Å²) < 4.78 is 0. The van der Waals surface area contributed by atoms with Gasteiger partial charge in [0.2, 0.25) is 0 Å². The quantitative estimate of drug-likeness (QED) is 0.533. The standard InChI is InChI=1S/C24H29N7O2/c1-16(2)30-12-14-31(15-13-30)19-6-4-18(5-7-19)27-24(33)21-20(9-10-25-23(21)32)28-22-17(3)8-11-26-29-22/h4-11,16H,12-15H2,1-3H3,(H,27,33)(H2,25,28,29,32). The highest BCUT2D eigenvalue weighted by molar-refractivity contribution is 6.08. The summed E-state index contributed by atoms with van der Waals surface area (Å²) in [4.78, 5) is 32.9. The van der Waals surface area contributed by atoms with Gasteiger partial charge in [0.05, 0.1) is 11.9 Å². The molecule has 0 spiro atoms. The summed E-state index contributed by atoms with van der Waals surface area (Å²) >= 11 is 0. The van der Waals surface area contributed by atoms with Gasteiger partial charge in [0.1, 0.15) is 5.56 Å². The molecule has 0 saturated carbocycles. The number of amides is 1. The molecular weight excluding hydrogens is 418 g/mol. The molecule has 0 bridgehead atoms. The van der Waals surface area contributed by atoms with Gasteiger partial charge in [0, 0.05) is 49.8 Å². The highest BCUT2D eigenvalue weighted by Crippen LogP contribution is 2.22. The largest absolute Gasteiger partial charge is 0.369 e. The van der Waals surface area contributed by atoms with Gasteiger partial charge in [-0.3, -0.25) is 14.5 Å². The molecule has 9 nitrogen and oxygen atoms in total. The highest BCUT2D eigenvalue weighted by Gasteiger charge is 2.20. The number of carbonyl (C=O) groups excluding carboxylic acids is 1. The molecule has 0 unspecified atom stereocenters. The number of nitrogens with one attached hydrogen (secondary N) is 3. The lowest BCUT2D eigenvalue weighted by Crippen LogP contribution is -2.48. The SMILES string of the molecule is Cc1ccnnc1Nc1cc[nH]c(=O)c1C(=O)Nc1ccc(N2CCN(C(C)C)CC2)cc1. The van der Waals surface area contributed by atoms with E-state index in [4.69, 9.17) is 0 Å². The van der Waals surface area contributed by atoms with Crippen LogP contribution in [0.2, 0.25) is 0 Å². The first-order chi connectivity index (χ1) is 15.9. The lowest BCUT2D eigenvalue weighted by molar-refractivity contribution is 0.102.